The summed E-state index contributed by atoms with van der Waals surface area (Å²) in [6.45, 7) is 0. The van der Waals surface area contributed by atoms with Crippen LogP contribution in [0.1, 0.15) is 19.3 Å². The van der Waals surface area contributed by atoms with E-state index >= 15 is 0 Å². The van der Waals surface area contributed by atoms with Gasteiger partial charge in [0, 0.05) is 8.47 Å². The number of thioether (sulfide) groups is 1. The van der Waals surface area contributed by atoms with Crippen LogP contribution in [-0.2, 0) is 4.79 Å². The number of hydrogen-bond acceptors (Lipinski definition) is 2. The molecule has 1 fully saturated rings. The van der Waals surface area contributed by atoms with E-state index in [1.165, 1.54) is 15.3 Å². The molecule has 0 unspecified atom stereocenters. The largest absolute Gasteiger partial charge is 0.480 e. The molecule has 1 aromatic rings. The van der Waals surface area contributed by atoms with Crippen LogP contribution in [0.4, 0.5) is 0 Å². The van der Waals surface area contributed by atoms with E-state index in [9.17, 15) is 9.90 Å². The predicted molar refractivity (Wildman–Crippen MR) is 76.4 cm³/mol. The fourth-order valence-corrected chi connectivity index (χ4v) is 4.29. The first kappa shape index (κ1) is 12.1. The molecule has 4 heteroatoms. The quantitative estimate of drug-likeness (QED) is 0.848. The molecule has 2 rings (SSSR count). The average molecular weight is 348 g/mol. The van der Waals surface area contributed by atoms with Gasteiger partial charge in [0.1, 0.15) is 4.75 Å². The van der Waals surface area contributed by atoms with E-state index in [2.05, 4.69) is 16.6 Å². The molecule has 2 nitrogen and oxygen atoms in total. The van der Waals surface area contributed by atoms with Gasteiger partial charge in [-0.1, -0.05) is 31.3 Å². The van der Waals surface area contributed by atoms with Crippen LogP contribution in [0.15, 0.2) is 29.2 Å². The minimum Gasteiger partial charge on any atom is -0.480 e. The minimum absolute atomic E-state index is 0.163. The van der Waals surface area contributed by atoms with Crippen molar-refractivity contribution in [3.63, 3.8) is 0 Å². The second-order valence-electron chi connectivity index (χ2n) is 3.85. The van der Waals surface area contributed by atoms with Crippen molar-refractivity contribution in [1.29, 1.82) is 0 Å². The molecule has 1 N–H and O–H groups in total. The lowest BCUT2D eigenvalue weighted by Crippen LogP contribution is -2.41. The van der Waals surface area contributed by atoms with Gasteiger partial charge >= 0.3 is 5.97 Å². The van der Waals surface area contributed by atoms with Crippen molar-refractivity contribution in [1.82, 2.24) is 0 Å². The highest BCUT2D eigenvalue weighted by Gasteiger charge is 2.45. The van der Waals surface area contributed by atoms with Crippen LogP contribution >= 0.6 is 32.5 Å². The number of rotatable bonds is 4. The Morgan fingerprint density at radius 3 is 2.75 bits per heavy atom. The molecular weight excluding hydrogens is 335 g/mol. The summed E-state index contributed by atoms with van der Waals surface area (Å²) in [4.78, 5) is 12.3. The van der Waals surface area contributed by atoms with E-state index in [4.69, 9.17) is 0 Å². The smallest absolute Gasteiger partial charge is 0.320 e. The summed E-state index contributed by atoms with van der Waals surface area (Å²) in [5, 5.41) is 9.25. The Morgan fingerprint density at radius 1 is 1.50 bits per heavy atom. The van der Waals surface area contributed by atoms with Crippen LogP contribution in [0.25, 0.3) is 0 Å². The van der Waals surface area contributed by atoms with Crippen molar-refractivity contribution in [3.05, 3.63) is 27.8 Å². The van der Waals surface area contributed by atoms with Gasteiger partial charge in [0.2, 0.25) is 0 Å². The molecule has 0 heterocycles. The van der Waals surface area contributed by atoms with Gasteiger partial charge < -0.3 is 5.11 Å². The fourth-order valence-electron chi connectivity index (χ4n) is 1.70. The van der Waals surface area contributed by atoms with Crippen LogP contribution in [0.2, 0.25) is 0 Å². The van der Waals surface area contributed by atoms with Crippen molar-refractivity contribution in [2.45, 2.75) is 28.9 Å². The molecule has 0 radical (unpaired) electrons. The normalized spacial score (nSPS) is 17.8. The molecule has 1 saturated carbocycles. The monoisotopic (exact) mass is 348 g/mol. The molecule has 0 atom stereocenters. The summed E-state index contributed by atoms with van der Waals surface area (Å²) >= 11 is 1.34. The third kappa shape index (κ3) is 2.32. The molecule has 0 aliphatic heterocycles. The van der Waals surface area contributed by atoms with Crippen molar-refractivity contribution < 1.29 is 9.90 Å². The van der Waals surface area contributed by atoms with E-state index in [1.807, 2.05) is 12.1 Å². The van der Waals surface area contributed by atoms with Gasteiger partial charge in [-0.15, -0.1) is 11.8 Å². The summed E-state index contributed by atoms with van der Waals surface area (Å²) < 4.78 is 4.66. The summed E-state index contributed by atoms with van der Waals surface area (Å²) in [5.74, 6) is -0.668. The number of benzene rings is 1. The minimum atomic E-state index is -0.668. The van der Waals surface area contributed by atoms with E-state index in [0.717, 1.165) is 24.2 Å². The maximum absolute atomic E-state index is 11.2. The highest BCUT2D eigenvalue weighted by Crippen LogP contribution is 2.47. The highest BCUT2D eigenvalue weighted by molar-refractivity contribution is 14.2. The standard InChI is InChI=1S/C12H13IO2S/c1-13-9-4-2-5-10(8-9)16-12(11(14)15)6-3-7-12/h2,4-5,8H,1,3,6-7H2,(H,14,15). The van der Waals surface area contributed by atoms with Crippen LogP contribution < -0.4 is 0 Å². The van der Waals surface area contributed by atoms with Crippen LogP contribution in [0, 0.1) is 3.57 Å². The first-order valence-electron chi connectivity index (χ1n) is 5.07. The summed E-state index contributed by atoms with van der Waals surface area (Å²) in [7, 11) is 0. The zero-order valence-corrected chi connectivity index (χ0v) is 11.8. The lowest BCUT2D eigenvalue weighted by atomic mass is 9.84. The predicted octanol–water partition coefficient (Wildman–Crippen LogP) is 3.36. The van der Waals surface area contributed by atoms with Gasteiger partial charge in [0.15, 0.2) is 0 Å². The lowest BCUT2D eigenvalue weighted by molar-refractivity contribution is -0.142. The fraction of sp³-hybridized carbons (Fsp3) is 0.333. The third-order valence-corrected chi connectivity index (χ3v) is 5.83. The first-order chi connectivity index (χ1) is 7.66. The zero-order valence-electron chi connectivity index (χ0n) is 8.78. The van der Waals surface area contributed by atoms with Crippen molar-refractivity contribution in [2.24, 2.45) is 0 Å². The topological polar surface area (TPSA) is 37.3 Å². The van der Waals surface area contributed by atoms with Gasteiger partial charge in [-0.25, -0.2) is 0 Å². The van der Waals surface area contributed by atoms with E-state index in [0.29, 0.717) is 0 Å². The van der Waals surface area contributed by atoms with Crippen molar-refractivity contribution in [3.8, 4) is 0 Å². The van der Waals surface area contributed by atoms with E-state index in [1.54, 1.807) is 0 Å². The Kier molecular flexibility index (Phi) is 3.69. The molecule has 0 bridgehead atoms. The number of aliphatic carboxylic acids is 1. The number of hydrogen-bond donors (Lipinski definition) is 1. The van der Waals surface area contributed by atoms with Gasteiger partial charge in [-0.2, -0.15) is 0 Å². The molecule has 16 heavy (non-hydrogen) atoms. The van der Waals surface area contributed by atoms with Crippen molar-refractivity contribution in [2.75, 3.05) is 0 Å². The number of carbonyl (C=O) groups is 1. The van der Waals surface area contributed by atoms with Crippen LogP contribution in [-0.4, -0.2) is 20.3 Å². The number of carboxylic acid groups (broad SMARTS) is 1. The molecular formula is C12H13IO2S. The van der Waals surface area contributed by atoms with Gasteiger partial charge in [-0.05, 0) is 37.5 Å². The van der Waals surface area contributed by atoms with Gasteiger partial charge in [-0.3, -0.25) is 4.79 Å². The molecule has 1 aromatic carbocycles. The molecule has 1 aliphatic carbocycles. The molecule has 0 spiro atoms. The second kappa shape index (κ2) is 4.87. The Hall–Kier alpha value is -0.360. The Morgan fingerprint density at radius 2 is 2.25 bits per heavy atom. The van der Waals surface area contributed by atoms with Crippen LogP contribution in [0.3, 0.4) is 0 Å². The number of halogens is 1. The molecule has 86 valence electrons. The Bertz CT molecular complexity index is 427. The summed E-state index contributed by atoms with van der Waals surface area (Å²) in [6, 6.07) is 8.15. The Labute approximate surface area is 109 Å². The van der Waals surface area contributed by atoms with Crippen LogP contribution in [0.5, 0.6) is 0 Å². The third-order valence-electron chi connectivity index (χ3n) is 2.81. The Balaban J connectivity index is 2.19. The SMILES string of the molecule is C=Ic1cccc(SC2(C(=O)O)CCC2)c1. The average Bonchev–Trinajstić information content (AvgIpc) is 2.23. The zero-order chi connectivity index (χ0) is 11.6. The van der Waals surface area contributed by atoms with Crippen molar-refractivity contribution >= 4 is 43.0 Å². The number of carboxylic acids is 1. The highest BCUT2D eigenvalue weighted by atomic mass is 127. The summed E-state index contributed by atoms with van der Waals surface area (Å²) in [6.07, 6.45) is 2.61. The molecule has 1 aliphatic rings. The molecule has 0 aromatic heterocycles. The first-order valence-corrected chi connectivity index (χ1v) is 8.49. The molecule has 0 saturated heterocycles. The maximum Gasteiger partial charge on any atom is 0.320 e. The summed E-state index contributed by atoms with van der Waals surface area (Å²) in [5.41, 5.74) is 0. The lowest BCUT2D eigenvalue weighted by Gasteiger charge is -2.36. The second-order valence-corrected chi connectivity index (χ2v) is 7.31. The maximum atomic E-state index is 11.2. The molecule has 0 amide bonds. The van der Waals surface area contributed by atoms with E-state index < -0.39 is 10.7 Å². The van der Waals surface area contributed by atoms with Gasteiger partial charge in [0.25, 0.3) is 0 Å². The van der Waals surface area contributed by atoms with Gasteiger partial charge in [0.05, 0.1) is 0 Å². The van der Waals surface area contributed by atoms with E-state index in [-0.39, 0.29) is 20.7 Å².